The van der Waals surface area contributed by atoms with Crippen LogP contribution in [-0.2, 0) is 9.53 Å². The molecule has 90 valence electrons. The second kappa shape index (κ2) is 4.51. The van der Waals surface area contributed by atoms with E-state index in [9.17, 15) is 9.59 Å². The van der Waals surface area contributed by atoms with Gasteiger partial charge in [-0.15, -0.1) is 0 Å². The number of hydrogen-bond acceptors (Lipinski definition) is 4. The van der Waals surface area contributed by atoms with Crippen molar-refractivity contribution in [1.29, 1.82) is 0 Å². The summed E-state index contributed by atoms with van der Waals surface area (Å²) in [5.74, 6) is -1.07. The van der Waals surface area contributed by atoms with Crippen molar-refractivity contribution < 1.29 is 19.4 Å². The molecule has 1 aliphatic rings. The van der Waals surface area contributed by atoms with Gasteiger partial charge in [-0.1, -0.05) is 0 Å². The number of carboxylic acids is 1. The summed E-state index contributed by atoms with van der Waals surface area (Å²) in [6.07, 6.45) is 1.70. The maximum atomic E-state index is 11.7. The van der Waals surface area contributed by atoms with Gasteiger partial charge < -0.3 is 9.84 Å². The Labute approximate surface area is 93.9 Å². The summed E-state index contributed by atoms with van der Waals surface area (Å²) in [5, 5.41) is 13.6. The lowest BCUT2D eigenvalue weighted by Gasteiger charge is -2.29. The van der Waals surface area contributed by atoms with Gasteiger partial charge in [0.25, 0.3) is 0 Å². The third kappa shape index (κ3) is 3.22. The number of hydrogen-bond donors (Lipinski definition) is 1. The summed E-state index contributed by atoms with van der Waals surface area (Å²) in [4.78, 5) is 22.6. The molecule has 0 saturated carbocycles. The van der Waals surface area contributed by atoms with Gasteiger partial charge in [-0.05, 0) is 33.6 Å². The zero-order chi connectivity index (χ0) is 12.3. The number of hydrazone groups is 1. The lowest BCUT2D eigenvalue weighted by molar-refractivity contribution is -0.143. The van der Waals surface area contributed by atoms with Crippen molar-refractivity contribution in [2.75, 3.05) is 0 Å². The predicted octanol–water partition coefficient (Wildman–Crippen LogP) is 1.46. The highest BCUT2D eigenvalue weighted by Crippen LogP contribution is 2.17. The van der Waals surface area contributed by atoms with Crippen LogP contribution < -0.4 is 0 Å². The van der Waals surface area contributed by atoms with Crippen LogP contribution in [0.4, 0.5) is 4.79 Å². The Hall–Kier alpha value is -1.59. The number of aliphatic carboxylic acids is 1. The fraction of sp³-hybridized carbons (Fsp3) is 0.700. The minimum Gasteiger partial charge on any atom is -0.480 e. The third-order valence-corrected chi connectivity index (χ3v) is 1.94. The Morgan fingerprint density at radius 1 is 1.50 bits per heavy atom. The molecule has 1 atom stereocenters. The van der Waals surface area contributed by atoms with Gasteiger partial charge in [-0.2, -0.15) is 10.1 Å². The fourth-order valence-electron chi connectivity index (χ4n) is 1.29. The van der Waals surface area contributed by atoms with Gasteiger partial charge in [-0.25, -0.2) is 9.59 Å². The molecule has 0 spiro atoms. The van der Waals surface area contributed by atoms with Crippen LogP contribution in [0.15, 0.2) is 5.10 Å². The number of carbonyl (C=O) groups excluding carboxylic acids is 1. The molecular weight excluding hydrogens is 212 g/mol. The molecule has 0 unspecified atom stereocenters. The van der Waals surface area contributed by atoms with E-state index in [1.54, 1.807) is 20.8 Å². The Balaban J connectivity index is 2.76. The topological polar surface area (TPSA) is 79.2 Å². The monoisotopic (exact) mass is 228 g/mol. The van der Waals surface area contributed by atoms with E-state index >= 15 is 0 Å². The van der Waals surface area contributed by atoms with Crippen molar-refractivity contribution in [2.45, 2.75) is 45.3 Å². The van der Waals surface area contributed by atoms with Crippen LogP contribution in [0.2, 0.25) is 0 Å². The number of carbonyl (C=O) groups is 2. The average molecular weight is 228 g/mol. The second-order valence-electron chi connectivity index (χ2n) is 4.55. The van der Waals surface area contributed by atoms with Crippen molar-refractivity contribution in [3.63, 3.8) is 0 Å². The molecule has 16 heavy (non-hydrogen) atoms. The molecule has 1 amide bonds. The van der Waals surface area contributed by atoms with Gasteiger partial charge in [0.1, 0.15) is 5.60 Å². The molecule has 6 nitrogen and oxygen atoms in total. The molecule has 0 fully saturated rings. The highest BCUT2D eigenvalue weighted by Gasteiger charge is 2.34. The number of amides is 1. The molecule has 0 saturated heterocycles. The Morgan fingerprint density at radius 2 is 2.12 bits per heavy atom. The molecule has 1 aliphatic heterocycles. The van der Waals surface area contributed by atoms with Crippen LogP contribution in [0.25, 0.3) is 0 Å². The van der Waals surface area contributed by atoms with Crippen LogP contribution in [0, 0.1) is 0 Å². The number of carboxylic acid groups (broad SMARTS) is 1. The highest BCUT2D eigenvalue weighted by atomic mass is 16.6. The van der Waals surface area contributed by atoms with E-state index in [2.05, 4.69) is 5.10 Å². The van der Waals surface area contributed by atoms with Crippen LogP contribution in [0.1, 0.15) is 33.6 Å². The first-order valence-corrected chi connectivity index (χ1v) is 5.09. The predicted molar refractivity (Wildman–Crippen MR) is 57.2 cm³/mol. The van der Waals surface area contributed by atoms with E-state index in [0.29, 0.717) is 12.8 Å². The Morgan fingerprint density at radius 3 is 2.62 bits per heavy atom. The molecule has 0 aliphatic carbocycles. The lowest BCUT2D eigenvalue weighted by atomic mass is 10.1. The molecule has 1 rings (SSSR count). The van der Waals surface area contributed by atoms with Gasteiger partial charge in [0.15, 0.2) is 6.04 Å². The largest absolute Gasteiger partial charge is 0.480 e. The maximum absolute atomic E-state index is 11.7. The van der Waals surface area contributed by atoms with Crippen molar-refractivity contribution in [2.24, 2.45) is 5.10 Å². The Bertz CT molecular complexity index is 319. The molecule has 0 aromatic heterocycles. The van der Waals surface area contributed by atoms with E-state index in [4.69, 9.17) is 9.84 Å². The SMILES string of the molecule is CC(C)(C)OC(=O)N1N=CCC[C@H]1C(=O)O. The quantitative estimate of drug-likeness (QED) is 0.736. The zero-order valence-electron chi connectivity index (χ0n) is 9.64. The van der Waals surface area contributed by atoms with Gasteiger partial charge in [-0.3, -0.25) is 0 Å². The maximum Gasteiger partial charge on any atom is 0.431 e. The van der Waals surface area contributed by atoms with E-state index in [0.717, 1.165) is 5.01 Å². The first-order chi connectivity index (χ1) is 7.31. The van der Waals surface area contributed by atoms with Crippen molar-refractivity contribution in [3.8, 4) is 0 Å². The molecule has 0 aromatic carbocycles. The molecular formula is C10H16N2O4. The summed E-state index contributed by atoms with van der Waals surface area (Å²) in [6.45, 7) is 5.15. The highest BCUT2D eigenvalue weighted by molar-refractivity contribution is 5.82. The summed E-state index contributed by atoms with van der Waals surface area (Å²) < 4.78 is 5.07. The smallest absolute Gasteiger partial charge is 0.431 e. The average Bonchev–Trinajstić information content (AvgIpc) is 2.15. The van der Waals surface area contributed by atoms with Gasteiger partial charge >= 0.3 is 12.1 Å². The van der Waals surface area contributed by atoms with E-state index in [1.807, 2.05) is 0 Å². The minimum absolute atomic E-state index is 0.359. The molecule has 0 aromatic rings. The zero-order valence-corrected chi connectivity index (χ0v) is 9.64. The third-order valence-electron chi connectivity index (χ3n) is 1.94. The van der Waals surface area contributed by atoms with Crippen LogP contribution in [0.5, 0.6) is 0 Å². The van der Waals surface area contributed by atoms with Gasteiger partial charge in [0.2, 0.25) is 0 Å². The Kier molecular flexibility index (Phi) is 3.51. The summed E-state index contributed by atoms with van der Waals surface area (Å²) >= 11 is 0. The number of ether oxygens (including phenoxy) is 1. The standard InChI is InChI=1S/C10H16N2O4/c1-10(2,3)16-9(15)12-7(8(13)14)5-4-6-11-12/h6-7H,4-5H2,1-3H3,(H,13,14)/t7-/m0/s1. The van der Waals surface area contributed by atoms with Crippen LogP contribution >= 0.6 is 0 Å². The molecule has 0 radical (unpaired) electrons. The second-order valence-corrected chi connectivity index (χ2v) is 4.55. The molecule has 1 heterocycles. The summed E-state index contributed by atoms with van der Waals surface area (Å²) in [6, 6.07) is -0.931. The van der Waals surface area contributed by atoms with Gasteiger partial charge in [0.05, 0.1) is 0 Å². The molecule has 6 heteroatoms. The number of nitrogens with zero attached hydrogens (tertiary/aromatic N) is 2. The van der Waals surface area contributed by atoms with Gasteiger partial charge in [0, 0.05) is 6.21 Å². The van der Waals surface area contributed by atoms with Crippen molar-refractivity contribution in [3.05, 3.63) is 0 Å². The lowest BCUT2D eigenvalue weighted by Crippen LogP contribution is -2.45. The minimum atomic E-state index is -1.07. The molecule has 0 bridgehead atoms. The molecule has 1 N–H and O–H groups in total. The van der Waals surface area contributed by atoms with E-state index in [-0.39, 0.29) is 0 Å². The van der Waals surface area contributed by atoms with Crippen molar-refractivity contribution in [1.82, 2.24) is 5.01 Å². The fourth-order valence-corrected chi connectivity index (χ4v) is 1.29. The number of rotatable bonds is 1. The van der Waals surface area contributed by atoms with Crippen LogP contribution in [-0.4, -0.2) is 40.0 Å². The first-order valence-electron chi connectivity index (χ1n) is 5.09. The van der Waals surface area contributed by atoms with Crippen molar-refractivity contribution >= 4 is 18.3 Å². The summed E-state index contributed by atoms with van der Waals surface area (Å²) in [7, 11) is 0. The van der Waals surface area contributed by atoms with E-state index in [1.165, 1.54) is 6.21 Å². The first kappa shape index (κ1) is 12.5. The summed E-state index contributed by atoms with van der Waals surface area (Å²) in [5.41, 5.74) is -0.660. The van der Waals surface area contributed by atoms with Crippen LogP contribution in [0.3, 0.4) is 0 Å². The van der Waals surface area contributed by atoms with E-state index < -0.39 is 23.7 Å². The normalized spacial score (nSPS) is 20.7.